The van der Waals surface area contributed by atoms with Crippen LogP contribution in [0, 0.1) is 30.3 Å². The monoisotopic (exact) mass is 291 g/mol. The molecule has 0 spiro atoms. The Bertz CT molecular complexity index is 248. The first-order chi connectivity index (χ1) is 7.64. The van der Waals surface area contributed by atoms with Crippen LogP contribution in [-0.2, 0) is 16.8 Å². The molecule has 0 aliphatic heterocycles. The van der Waals surface area contributed by atoms with Gasteiger partial charge >= 0.3 is 16.8 Å². The van der Waals surface area contributed by atoms with Gasteiger partial charge < -0.3 is 36.1 Å². The van der Waals surface area contributed by atoms with E-state index in [4.69, 9.17) is 30.3 Å². The van der Waals surface area contributed by atoms with E-state index in [0.29, 0.717) is 0 Å². The zero-order valence-corrected chi connectivity index (χ0v) is 9.26. The van der Waals surface area contributed by atoms with Crippen molar-refractivity contribution in [1.29, 1.82) is 0 Å². The molecule has 0 atom stereocenters. The van der Waals surface area contributed by atoms with Gasteiger partial charge in [-0.1, -0.05) is 18.2 Å². The molecular formula is C6H8CoN4O6. The molecule has 0 fully saturated rings. The molecule has 1 radical (unpaired) electrons. The Morgan fingerprint density at radius 1 is 0.824 bits per heavy atom. The van der Waals surface area contributed by atoms with Crippen LogP contribution in [0.25, 0.3) is 0 Å². The number of benzene rings is 1. The first kappa shape index (κ1) is 24.2. The van der Waals surface area contributed by atoms with Crippen LogP contribution in [0.3, 0.4) is 0 Å². The Labute approximate surface area is 105 Å². The van der Waals surface area contributed by atoms with Crippen molar-refractivity contribution in [3.05, 3.63) is 60.7 Å². The normalized spacial score (nSPS) is 5.71. The van der Waals surface area contributed by atoms with E-state index in [1.165, 1.54) is 0 Å². The molecule has 11 heteroatoms. The zero-order chi connectivity index (χ0) is 13.2. The summed E-state index contributed by atoms with van der Waals surface area (Å²) < 4.78 is 0. The van der Waals surface area contributed by atoms with Crippen LogP contribution in [0.5, 0.6) is 0 Å². The summed E-state index contributed by atoms with van der Waals surface area (Å²) >= 11 is 0. The summed E-state index contributed by atoms with van der Waals surface area (Å²) in [6.07, 6.45) is 0. The van der Waals surface area contributed by atoms with Gasteiger partial charge in [-0.25, -0.2) is 0 Å². The maximum atomic E-state index is 8.00. The molecule has 0 bridgehead atoms. The van der Waals surface area contributed by atoms with Gasteiger partial charge in [0.05, 0.1) is 0 Å². The summed E-state index contributed by atoms with van der Waals surface area (Å²) in [7, 11) is 0. The zero-order valence-electron chi connectivity index (χ0n) is 8.22. The molecule has 1 aromatic rings. The summed E-state index contributed by atoms with van der Waals surface area (Å²) in [4.78, 5) is 24.0. The van der Waals surface area contributed by atoms with E-state index in [1.54, 1.807) is 0 Å². The molecule has 0 unspecified atom stereocenters. The van der Waals surface area contributed by atoms with Crippen molar-refractivity contribution in [3.63, 3.8) is 0 Å². The van der Waals surface area contributed by atoms with Crippen LogP contribution in [0.4, 0.5) is 5.69 Å². The largest absolute Gasteiger partial charge is 2.00 e. The van der Waals surface area contributed by atoms with Crippen molar-refractivity contribution in [3.8, 4) is 0 Å². The third kappa shape index (κ3) is 56.6. The number of nitrogens with zero attached hydrogens (tertiary/aromatic N) is 3. The minimum Gasteiger partial charge on any atom is -0.444 e. The van der Waals surface area contributed by atoms with E-state index in [2.05, 4.69) is 5.73 Å². The third-order valence-corrected chi connectivity index (χ3v) is 0.843. The Morgan fingerprint density at radius 2 is 1.06 bits per heavy atom. The van der Waals surface area contributed by atoms with Crippen LogP contribution in [0.15, 0.2) is 46.4 Å². The topological polar surface area (TPSA) is 185 Å². The first-order valence-electron chi connectivity index (χ1n) is 3.36. The molecule has 0 heterocycles. The van der Waals surface area contributed by atoms with Gasteiger partial charge in [-0.2, -0.15) is 0 Å². The first-order valence-corrected chi connectivity index (χ1v) is 3.36. The summed E-state index contributed by atoms with van der Waals surface area (Å²) in [5, 5.41) is 27.0. The van der Waals surface area contributed by atoms with Gasteiger partial charge in [0.25, 0.3) is 0 Å². The van der Waals surface area contributed by atoms with E-state index >= 15 is 0 Å². The van der Waals surface area contributed by atoms with Gasteiger partial charge in [0.1, 0.15) is 5.69 Å². The summed E-state index contributed by atoms with van der Waals surface area (Å²) in [6, 6.07) is 9.87. The Kier molecular flexibility index (Phi) is 41.6. The summed E-state index contributed by atoms with van der Waals surface area (Å²) in [5.41, 5.74) is 4.79. The van der Waals surface area contributed by atoms with Crippen LogP contribution < -0.4 is 5.73 Å². The molecule has 0 aliphatic rings. The van der Waals surface area contributed by atoms with Crippen molar-refractivity contribution >= 4 is 5.69 Å². The average molecular weight is 291 g/mol. The third-order valence-electron chi connectivity index (χ3n) is 0.843. The molecule has 0 aliphatic carbocycles. The van der Waals surface area contributed by atoms with Gasteiger partial charge in [0.2, 0.25) is 0 Å². The van der Waals surface area contributed by atoms with E-state index in [9.17, 15) is 0 Å². The minimum atomic E-state index is 0. The molecule has 3 N–H and O–H groups in total. The molecule has 1 aromatic carbocycles. The second-order valence-electron chi connectivity index (χ2n) is 1.71. The standard InChI is InChI=1S/C6H7N.Co.3HNO2/c7-6-4-2-1-3-5-6;;3*2-1-3/h1-5H,7H2;;3*(H,2,3)/q;+2;;;/p-2. The van der Waals surface area contributed by atoms with Gasteiger partial charge in [-0.05, 0) is 12.1 Å². The Morgan fingerprint density at radius 3 is 1.18 bits per heavy atom. The fraction of sp³-hybridized carbons (Fsp3) is 0. The van der Waals surface area contributed by atoms with Crippen LogP contribution in [-0.4, -0.2) is 0 Å². The second kappa shape index (κ2) is 29.2. The van der Waals surface area contributed by atoms with E-state index < -0.39 is 0 Å². The smallest absolute Gasteiger partial charge is 0.444 e. The van der Waals surface area contributed by atoms with Crippen molar-refractivity contribution in [1.82, 2.24) is 0 Å². The molecule has 0 aromatic heterocycles. The van der Waals surface area contributed by atoms with Crippen molar-refractivity contribution in [2.24, 2.45) is 16.0 Å². The maximum absolute atomic E-state index is 8.00. The Balaban J connectivity index is -0.0000000734. The van der Waals surface area contributed by atoms with E-state index in [-0.39, 0.29) is 16.8 Å². The number of hydrogen-bond donors (Lipinski definition) is 1. The van der Waals surface area contributed by atoms with E-state index in [1.807, 2.05) is 30.3 Å². The Hall–Kier alpha value is -2.11. The summed E-state index contributed by atoms with van der Waals surface area (Å²) in [6.45, 7) is 0. The predicted molar refractivity (Wildman–Crippen MR) is 56.5 cm³/mol. The van der Waals surface area contributed by atoms with E-state index in [0.717, 1.165) is 21.7 Å². The van der Waals surface area contributed by atoms with Crippen LogP contribution >= 0.6 is 0 Å². The number of quaternary nitrogens is 1. The van der Waals surface area contributed by atoms with Gasteiger partial charge in [-0.3, -0.25) is 0 Å². The average Bonchev–Trinajstić information content (AvgIpc) is 2.22. The molecule has 0 saturated heterocycles. The van der Waals surface area contributed by atoms with Crippen LogP contribution in [0.2, 0.25) is 0 Å². The summed E-state index contributed by atoms with van der Waals surface area (Å²) in [5.74, 6) is 0. The molecule has 17 heavy (non-hydrogen) atoms. The molecule has 1 rings (SSSR count). The molecule has 0 saturated carbocycles. The van der Waals surface area contributed by atoms with Crippen LogP contribution in [0.1, 0.15) is 0 Å². The second-order valence-corrected chi connectivity index (χ2v) is 1.71. The molecular weight excluding hydrogens is 283 g/mol. The molecule has 97 valence electrons. The molecule has 0 amide bonds. The molecule has 10 nitrogen and oxygen atoms in total. The minimum absolute atomic E-state index is 0. The van der Waals surface area contributed by atoms with Gasteiger partial charge in [0, 0.05) is 0 Å². The fourth-order valence-corrected chi connectivity index (χ4v) is 0.478. The number of hydrogen-bond acceptors (Lipinski definition) is 9. The number of rotatable bonds is 0. The quantitative estimate of drug-likeness (QED) is 0.554. The van der Waals surface area contributed by atoms with Crippen molar-refractivity contribution in [2.45, 2.75) is 0 Å². The predicted octanol–water partition coefficient (Wildman–Crippen LogP) is 1.31. The maximum Gasteiger partial charge on any atom is 2.00 e. The van der Waals surface area contributed by atoms with Crippen molar-refractivity contribution in [2.75, 3.05) is 0 Å². The van der Waals surface area contributed by atoms with Gasteiger partial charge in [-0.15, -0.1) is 16.0 Å². The fourth-order valence-electron chi connectivity index (χ4n) is 0.478. The van der Waals surface area contributed by atoms with Gasteiger partial charge in [0.15, 0.2) is 0 Å². The van der Waals surface area contributed by atoms with Crippen molar-refractivity contribution < 1.29 is 22.5 Å². The SMILES string of the molecule is O=N[O-].O=N[O-].O=N[O-].[Co+2].[NH3+]c1ccccc1.